The van der Waals surface area contributed by atoms with E-state index < -0.39 is 17.5 Å². The van der Waals surface area contributed by atoms with E-state index in [1.165, 1.54) is 0 Å². The van der Waals surface area contributed by atoms with Gasteiger partial charge in [-0.15, -0.1) is 0 Å². The number of aliphatic hydroxyl groups is 1. The van der Waals surface area contributed by atoms with Crippen molar-refractivity contribution in [1.29, 1.82) is 0 Å². The molecule has 0 saturated heterocycles. The van der Waals surface area contributed by atoms with E-state index in [1.54, 1.807) is 0 Å². The van der Waals surface area contributed by atoms with Crippen LogP contribution in [0.15, 0.2) is 0 Å². The molecule has 90 valence electrons. The van der Waals surface area contributed by atoms with E-state index in [1.807, 2.05) is 0 Å². The molecule has 0 aromatic heterocycles. The van der Waals surface area contributed by atoms with Crippen LogP contribution in [0.1, 0.15) is 32.1 Å². The molecule has 2 atom stereocenters. The molecular weight excluding hydrogens is 210 g/mol. The maximum Gasteiger partial charge on any atom is 0.307 e. The highest BCUT2D eigenvalue weighted by Crippen LogP contribution is 2.39. The predicted molar refractivity (Wildman–Crippen MR) is 55.7 cm³/mol. The van der Waals surface area contributed by atoms with E-state index >= 15 is 0 Å². The van der Waals surface area contributed by atoms with Crippen LogP contribution in [-0.2, 0) is 9.59 Å². The maximum absolute atomic E-state index is 11.5. The minimum Gasteiger partial charge on any atom is -0.481 e. The second-order valence-corrected chi connectivity index (χ2v) is 4.94. The zero-order valence-electron chi connectivity index (χ0n) is 9.11. The Morgan fingerprint density at radius 2 is 1.88 bits per heavy atom. The van der Waals surface area contributed by atoms with E-state index in [9.17, 15) is 14.7 Å². The molecule has 16 heavy (non-hydrogen) atoms. The van der Waals surface area contributed by atoms with Gasteiger partial charge in [-0.1, -0.05) is 12.8 Å². The number of carboxylic acid groups (broad SMARTS) is 1. The van der Waals surface area contributed by atoms with Crippen LogP contribution in [0.4, 0.5) is 0 Å². The average Bonchev–Trinajstić information content (AvgIpc) is 2.93. The lowest BCUT2D eigenvalue weighted by molar-refractivity contribution is -0.140. The van der Waals surface area contributed by atoms with Crippen LogP contribution in [0, 0.1) is 11.8 Å². The lowest BCUT2D eigenvalue weighted by Crippen LogP contribution is -2.41. The molecule has 2 aliphatic rings. The summed E-state index contributed by atoms with van der Waals surface area (Å²) in [7, 11) is 0. The first kappa shape index (κ1) is 11.4. The molecule has 3 N–H and O–H groups in total. The number of aliphatic carboxylic acids is 1. The van der Waals surface area contributed by atoms with Gasteiger partial charge in [0.15, 0.2) is 0 Å². The van der Waals surface area contributed by atoms with Crippen molar-refractivity contribution < 1.29 is 19.8 Å². The van der Waals surface area contributed by atoms with Gasteiger partial charge >= 0.3 is 5.97 Å². The number of amides is 1. The number of carboxylic acids is 1. The second kappa shape index (κ2) is 4.05. The topological polar surface area (TPSA) is 86.6 Å². The van der Waals surface area contributed by atoms with Crippen molar-refractivity contribution in [2.75, 3.05) is 6.54 Å². The molecule has 0 radical (unpaired) electrons. The first-order valence-electron chi connectivity index (χ1n) is 5.75. The molecule has 5 heteroatoms. The van der Waals surface area contributed by atoms with Gasteiger partial charge in [-0.2, -0.15) is 0 Å². The summed E-state index contributed by atoms with van der Waals surface area (Å²) in [5.74, 6) is -2.03. The first-order chi connectivity index (χ1) is 7.52. The van der Waals surface area contributed by atoms with Crippen LogP contribution in [-0.4, -0.2) is 34.2 Å². The Morgan fingerprint density at radius 1 is 1.25 bits per heavy atom. The molecular formula is C11H17NO4. The fourth-order valence-corrected chi connectivity index (χ4v) is 2.35. The standard InChI is InChI=1S/C11H17NO4/c13-9(7-5-8(7)10(14)15)12-6-11(16)3-1-2-4-11/h7-8,16H,1-6H2,(H,12,13)(H,14,15). The largest absolute Gasteiger partial charge is 0.481 e. The van der Waals surface area contributed by atoms with Gasteiger partial charge < -0.3 is 15.5 Å². The summed E-state index contributed by atoms with van der Waals surface area (Å²) in [5, 5.41) is 21.3. The van der Waals surface area contributed by atoms with Gasteiger partial charge in [-0.3, -0.25) is 9.59 Å². The minimum absolute atomic E-state index is 0.229. The zero-order valence-corrected chi connectivity index (χ0v) is 9.11. The van der Waals surface area contributed by atoms with E-state index in [0.717, 1.165) is 25.7 Å². The van der Waals surface area contributed by atoms with Crippen molar-refractivity contribution in [3.63, 3.8) is 0 Å². The van der Waals surface area contributed by atoms with Gasteiger partial charge in [0.1, 0.15) is 0 Å². The number of hydrogen-bond acceptors (Lipinski definition) is 3. The smallest absolute Gasteiger partial charge is 0.307 e. The zero-order chi connectivity index (χ0) is 11.8. The quantitative estimate of drug-likeness (QED) is 0.637. The predicted octanol–water partition coefficient (Wildman–Crippen LogP) is 0.128. The highest BCUT2D eigenvalue weighted by atomic mass is 16.4. The lowest BCUT2D eigenvalue weighted by atomic mass is 10.0. The number of hydrogen-bond donors (Lipinski definition) is 3. The molecule has 0 aromatic carbocycles. The molecule has 1 amide bonds. The van der Waals surface area contributed by atoms with Crippen LogP contribution < -0.4 is 5.32 Å². The Balaban J connectivity index is 1.75. The third-order valence-corrected chi connectivity index (χ3v) is 3.57. The average molecular weight is 227 g/mol. The molecule has 2 unspecified atom stereocenters. The van der Waals surface area contributed by atoms with Crippen molar-refractivity contribution in [2.24, 2.45) is 11.8 Å². The SMILES string of the molecule is O=C(O)C1CC1C(=O)NCC1(O)CCCC1. The van der Waals surface area contributed by atoms with Gasteiger partial charge in [-0.05, 0) is 19.3 Å². The van der Waals surface area contributed by atoms with Crippen molar-refractivity contribution >= 4 is 11.9 Å². The Hall–Kier alpha value is -1.10. The fourth-order valence-electron chi connectivity index (χ4n) is 2.35. The molecule has 0 spiro atoms. The maximum atomic E-state index is 11.5. The molecule has 2 fully saturated rings. The Labute approximate surface area is 93.8 Å². The van der Waals surface area contributed by atoms with Crippen LogP contribution in [0.25, 0.3) is 0 Å². The van der Waals surface area contributed by atoms with E-state index in [2.05, 4.69) is 5.32 Å². The van der Waals surface area contributed by atoms with E-state index in [4.69, 9.17) is 5.11 Å². The van der Waals surface area contributed by atoms with Crippen molar-refractivity contribution in [2.45, 2.75) is 37.7 Å². The summed E-state index contributed by atoms with van der Waals surface area (Å²) in [6.07, 6.45) is 3.86. The summed E-state index contributed by atoms with van der Waals surface area (Å²) in [5.41, 5.74) is -0.761. The highest BCUT2D eigenvalue weighted by Gasteiger charge is 2.48. The van der Waals surface area contributed by atoms with Gasteiger partial charge in [0.05, 0.1) is 17.4 Å². The molecule has 2 aliphatic carbocycles. The van der Waals surface area contributed by atoms with E-state index in [0.29, 0.717) is 6.42 Å². The van der Waals surface area contributed by atoms with E-state index in [-0.39, 0.29) is 18.4 Å². The van der Waals surface area contributed by atoms with Crippen LogP contribution in [0.3, 0.4) is 0 Å². The van der Waals surface area contributed by atoms with Crippen LogP contribution in [0.5, 0.6) is 0 Å². The number of carbonyl (C=O) groups excluding carboxylic acids is 1. The molecule has 2 saturated carbocycles. The summed E-state index contributed by atoms with van der Waals surface area (Å²) in [6, 6.07) is 0. The van der Waals surface area contributed by atoms with Gasteiger partial charge in [0.25, 0.3) is 0 Å². The van der Waals surface area contributed by atoms with Crippen LogP contribution in [0.2, 0.25) is 0 Å². The van der Waals surface area contributed by atoms with Gasteiger partial charge in [0, 0.05) is 6.54 Å². The fraction of sp³-hybridized carbons (Fsp3) is 0.818. The van der Waals surface area contributed by atoms with Gasteiger partial charge in [0.2, 0.25) is 5.91 Å². The summed E-state index contributed by atoms with van der Waals surface area (Å²) in [4.78, 5) is 22.1. The Bertz CT molecular complexity index is 309. The number of rotatable bonds is 4. The van der Waals surface area contributed by atoms with Gasteiger partial charge in [-0.25, -0.2) is 0 Å². The molecule has 5 nitrogen and oxygen atoms in total. The second-order valence-electron chi connectivity index (χ2n) is 4.94. The first-order valence-corrected chi connectivity index (χ1v) is 5.75. The van der Waals surface area contributed by atoms with Crippen molar-refractivity contribution in [3.05, 3.63) is 0 Å². The lowest BCUT2D eigenvalue weighted by Gasteiger charge is -2.22. The van der Waals surface area contributed by atoms with Crippen molar-refractivity contribution in [3.8, 4) is 0 Å². The number of nitrogens with one attached hydrogen (secondary N) is 1. The Morgan fingerprint density at radius 3 is 2.38 bits per heavy atom. The summed E-state index contributed by atoms with van der Waals surface area (Å²) in [6.45, 7) is 0.259. The minimum atomic E-state index is -0.903. The third-order valence-electron chi connectivity index (χ3n) is 3.57. The number of carbonyl (C=O) groups is 2. The summed E-state index contributed by atoms with van der Waals surface area (Å²) >= 11 is 0. The summed E-state index contributed by atoms with van der Waals surface area (Å²) < 4.78 is 0. The Kier molecular flexibility index (Phi) is 2.88. The molecule has 0 heterocycles. The molecule has 0 aromatic rings. The highest BCUT2D eigenvalue weighted by molar-refractivity contribution is 5.89. The third kappa shape index (κ3) is 2.35. The molecule has 0 aliphatic heterocycles. The van der Waals surface area contributed by atoms with Crippen LogP contribution >= 0.6 is 0 Å². The van der Waals surface area contributed by atoms with Crippen molar-refractivity contribution in [1.82, 2.24) is 5.32 Å². The molecule has 0 bridgehead atoms. The molecule has 2 rings (SSSR count). The normalized spacial score (nSPS) is 31.1. The monoisotopic (exact) mass is 227 g/mol.